The van der Waals surface area contributed by atoms with Crippen molar-refractivity contribution < 1.29 is 9.15 Å². The number of benzene rings is 2. The highest BCUT2D eigenvalue weighted by Crippen LogP contribution is 2.25. The number of ether oxygens (including phenoxy) is 1. The molecule has 154 valence electrons. The lowest BCUT2D eigenvalue weighted by Gasteiger charge is -2.05. The summed E-state index contributed by atoms with van der Waals surface area (Å²) in [7, 11) is 0. The summed E-state index contributed by atoms with van der Waals surface area (Å²) in [5, 5.41) is 15.0. The third-order valence-corrected chi connectivity index (χ3v) is 5.93. The fourth-order valence-corrected chi connectivity index (χ4v) is 4.19. The summed E-state index contributed by atoms with van der Waals surface area (Å²) >= 11 is 3.09. The van der Waals surface area contributed by atoms with Gasteiger partial charge in [-0.2, -0.15) is 0 Å². The Kier molecular flexibility index (Phi) is 6.66. The van der Waals surface area contributed by atoms with Crippen LogP contribution in [0.5, 0.6) is 5.75 Å². The van der Waals surface area contributed by atoms with Crippen molar-refractivity contribution in [3.8, 4) is 5.75 Å². The topological polar surface area (TPSA) is 73.1 Å². The van der Waals surface area contributed by atoms with Crippen molar-refractivity contribution in [2.75, 3.05) is 11.9 Å². The molecule has 0 saturated heterocycles. The number of hydrogen-bond acceptors (Lipinski definition) is 8. The van der Waals surface area contributed by atoms with Gasteiger partial charge in [-0.05, 0) is 43.7 Å². The molecular formula is C22H22N4O2S2. The molecule has 4 aromatic rings. The Bertz CT molecular complexity index is 1080. The average molecular weight is 439 g/mol. The van der Waals surface area contributed by atoms with Gasteiger partial charge >= 0.3 is 0 Å². The summed E-state index contributed by atoms with van der Waals surface area (Å²) in [5.41, 5.74) is 4.34. The Morgan fingerprint density at radius 3 is 2.63 bits per heavy atom. The summed E-state index contributed by atoms with van der Waals surface area (Å²) < 4.78 is 11.2. The Morgan fingerprint density at radius 1 is 1.07 bits per heavy atom. The first kappa shape index (κ1) is 20.4. The molecule has 0 aliphatic rings. The molecular weight excluding hydrogens is 416 g/mol. The summed E-state index contributed by atoms with van der Waals surface area (Å²) in [4.78, 5) is 4.61. The Balaban J connectivity index is 1.31. The van der Waals surface area contributed by atoms with Crippen LogP contribution < -0.4 is 10.1 Å². The predicted octanol–water partition coefficient (Wildman–Crippen LogP) is 5.86. The van der Waals surface area contributed by atoms with Crippen molar-refractivity contribution in [1.29, 1.82) is 0 Å². The van der Waals surface area contributed by atoms with Gasteiger partial charge in [0.25, 0.3) is 5.22 Å². The molecule has 0 radical (unpaired) electrons. The van der Waals surface area contributed by atoms with Gasteiger partial charge in [-0.15, -0.1) is 21.5 Å². The molecule has 4 rings (SSSR count). The van der Waals surface area contributed by atoms with Crippen LogP contribution in [-0.2, 0) is 12.2 Å². The zero-order valence-corrected chi connectivity index (χ0v) is 18.4. The molecule has 0 atom stereocenters. The van der Waals surface area contributed by atoms with E-state index in [0.29, 0.717) is 24.1 Å². The van der Waals surface area contributed by atoms with Crippen LogP contribution in [0.15, 0.2) is 63.6 Å². The molecule has 0 amide bonds. The van der Waals surface area contributed by atoms with Gasteiger partial charge in [0.2, 0.25) is 5.89 Å². The fraction of sp³-hybridized carbons (Fsp3) is 0.227. The third-order valence-electron chi connectivity index (χ3n) is 4.23. The molecule has 30 heavy (non-hydrogen) atoms. The number of aryl methyl sites for hydroxylation is 1. The van der Waals surface area contributed by atoms with Crippen LogP contribution in [0.25, 0.3) is 0 Å². The van der Waals surface area contributed by atoms with Crippen molar-refractivity contribution in [2.45, 2.75) is 31.2 Å². The van der Waals surface area contributed by atoms with Gasteiger partial charge in [0.15, 0.2) is 5.13 Å². The Morgan fingerprint density at radius 2 is 1.87 bits per heavy atom. The fourth-order valence-electron chi connectivity index (χ4n) is 2.72. The number of nitrogens with one attached hydrogen (secondary N) is 1. The van der Waals surface area contributed by atoms with E-state index in [1.54, 1.807) is 23.1 Å². The minimum atomic E-state index is 0.513. The van der Waals surface area contributed by atoms with E-state index in [-0.39, 0.29) is 0 Å². The van der Waals surface area contributed by atoms with Gasteiger partial charge in [0, 0.05) is 16.8 Å². The maximum absolute atomic E-state index is 5.77. The molecule has 0 fully saturated rings. The molecule has 0 unspecified atom stereocenters. The average Bonchev–Trinajstić information content (AvgIpc) is 3.39. The summed E-state index contributed by atoms with van der Waals surface area (Å²) in [6.45, 7) is 4.71. The minimum Gasteiger partial charge on any atom is -0.494 e. The smallest absolute Gasteiger partial charge is 0.276 e. The van der Waals surface area contributed by atoms with E-state index >= 15 is 0 Å². The number of thioether (sulfide) groups is 1. The zero-order chi connectivity index (χ0) is 20.8. The molecule has 0 saturated carbocycles. The van der Waals surface area contributed by atoms with Gasteiger partial charge in [-0.1, -0.05) is 41.6 Å². The highest BCUT2D eigenvalue weighted by atomic mass is 32.2. The molecule has 2 heterocycles. The van der Waals surface area contributed by atoms with Crippen LogP contribution >= 0.6 is 23.1 Å². The standard InChI is InChI=1S/C22H22N4O2S2/c1-3-27-19-10-8-17(9-11-19)23-21-24-18(14-29-21)12-20-25-26-22(28-20)30-13-16-6-4-15(2)5-7-16/h4-11,14H,3,12-13H2,1-2H3,(H,23,24). The summed E-state index contributed by atoms with van der Waals surface area (Å²) in [6, 6.07) is 16.3. The maximum Gasteiger partial charge on any atom is 0.276 e. The van der Waals surface area contributed by atoms with E-state index in [2.05, 4.69) is 51.7 Å². The number of aromatic nitrogens is 3. The van der Waals surface area contributed by atoms with E-state index < -0.39 is 0 Å². The number of anilines is 2. The predicted molar refractivity (Wildman–Crippen MR) is 121 cm³/mol. The second-order valence-corrected chi connectivity index (χ2v) is 8.42. The third kappa shape index (κ3) is 5.61. The van der Waals surface area contributed by atoms with Crippen molar-refractivity contribution in [1.82, 2.24) is 15.2 Å². The van der Waals surface area contributed by atoms with Gasteiger partial charge in [0.1, 0.15) is 5.75 Å². The lowest BCUT2D eigenvalue weighted by molar-refractivity contribution is 0.340. The van der Waals surface area contributed by atoms with E-state index in [9.17, 15) is 0 Å². The molecule has 0 aliphatic heterocycles. The number of hydrogen-bond donors (Lipinski definition) is 1. The lowest BCUT2D eigenvalue weighted by atomic mass is 10.2. The Labute approximate surface area is 183 Å². The first-order chi connectivity index (χ1) is 14.7. The number of rotatable bonds is 9. The number of nitrogens with zero attached hydrogens (tertiary/aromatic N) is 3. The Hall–Kier alpha value is -2.84. The van der Waals surface area contributed by atoms with Crippen molar-refractivity contribution in [3.05, 3.63) is 76.6 Å². The van der Waals surface area contributed by atoms with E-state index in [1.807, 2.05) is 36.6 Å². The second kappa shape index (κ2) is 9.77. The van der Waals surface area contributed by atoms with Crippen LogP contribution in [0.1, 0.15) is 29.6 Å². The molecule has 0 spiro atoms. The van der Waals surface area contributed by atoms with Crippen molar-refractivity contribution in [2.24, 2.45) is 0 Å². The second-order valence-electron chi connectivity index (χ2n) is 6.64. The quantitative estimate of drug-likeness (QED) is 0.328. The van der Waals surface area contributed by atoms with Crippen LogP contribution in [0, 0.1) is 6.92 Å². The molecule has 2 aromatic carbocycles. The first-order valence-electron chi connectivity index (χ1n) is 9.63. The highest BCUT2D eigenvalue weighted by molar-refractivity contribution is 7.98. The summed E-state index contributed by atoms with van der Waals surface area (Å²) in [6.07, 6.45) is 0.513. The minimum absolute atomic E-state index is 0.513. The zero-order valence-electron chi connectivity index (χ0n) is 16.8. The normalized spacial score (nSPS) is 10.9. The SMILES string of the molecule is CCOc1ccc(Nc2nc(Cc3nnc(SCc4ccc(C)cc4)o3)cs2)cc1. The first-order valence-corrected chi connectivity index (χ1v) is 11.5. The van der Waals surface area contributed by atoms with E-state index in [1.165, 1.54) is 11.1 Å². The van der Waals surface area contributed by atoms with Gasteiger partial charge in [-0.3, -0.25) is 0 Å². The van der Waals surface area contributed by atoms with Crippen LogP contribution in [0.2, 0.25) is 0 Å². The van der Waals surface area contributed by atoms with Gasteiger partial charge in [0.05, 0.1) is 18.7 Å². The number of thiazole rings is 1. The largest absolute Gasteiger partial charge is 0.494 e. The monoisotopic (exact) mass is 438 g/mol. The lowest BCUT2D eigenvalue weighted by Crippen LogP contribution is -1.94. The highest BCUT2D eigenvalue weighted by Gasteiger charge is 2.11. The van der Waals surface area contributed by atoms with Crippen LogP contribution in [0.3, 0.4) is 0 Å². The molecule has 0 bridgehead atoms. The molecule has 8 heteroatoms. The molecule has 0 aliphatic carbocycles. The maximum atomic E-state index is 5.77. The molecule has 6 nitrogen and oxygen atoms in total. The van der Waals surface area contributed by atoms with Gasteiger partial charge < -0.3 is 14.5 Å². The molecule has 1 N–H and O–H groups in total. The van der Waals surface area contributed by atoms with Crippen LogP contribution in [-0.4, -0.2) is 21.8 Å². The van der Waals surface area contributed by atoms with Crippen molar-refractivity contribution >= 4 is 33.9 Å². The van der Waals surface area contributed by atoms with Gasteiger partial charge in [-0.25, -0.2) is 4.98 Å². The van der Waals surface area contributed by atoms with E-state index in [0.717, 1.165) is 28.0 Å². The summed E-state index contributed by atoms with van der Waals surface area (Å²) in [5.74, 6) is 2.23. The molecule has 2 aromatic heterocycles. The van der Waals surface area contributed by atoms with E-state index in [4.69, 9.17) is 9.15 Å². The van der Waals surface area contributed by atoms with Crippen LogP contribution in [0.4, 0.5) is 10.8 Å². The van der Waals surface area contributed by atoms with Crippen molar-refractivity contribution in [3.63, 3.8) is 0 Å².